The average molecular weight is 714 g/mol. The van der Waals surface area contributed by atoms with E-state index in [9.17, 15) is 14.7 Å². The molecule has 0 aromatic heterocycles. The van der Waals surface area contributed by atoms with Gasteiger partial charge >= 0.3 is 0 Å². The molecule has 52 heavy (non-hydrogen) atoms. The Hall–Kier alpha value is -5.47. The number of phenolic OH excluding ortho intramolecular Hbond substituents is 1. The fourth-order valence-corrected chi connectivity index (χ4v) is 9.48. The number of phenols is 1. The Balaban J connectivity index is 1.38. The molecular formula is C43H36ClNO7. The molecule has 2 amide bonds. The van der Waals surface area contributed by atoms with E-state index in [0.29, 0.717) is 33.0 Å². The zero-order valence-electron chi connectivity index (χ0n) is 28.8. The van der Waals surface area contributed by atoms with Crippen LogP contribution in [0, 0.1) is 30.6 Å². The molecule has 9 heteroatoms. The Morgan fingerprint density at radius 1 is 0.827 bits per heavy atom. The maximum atomic E-state index is 15.2. The van der Waals surface area contributed by atoms with Crippen molar-refractivity contribution < 1.29 is 33.8 Å². The molecule has 1 saturated carbocycles. The van der Waals surface area contributed by atoms with Crippen molar-refractivity contribution in [3.63, 3.8) is 0 Å². The summed E-state index contributed by atoms with van der Waals surface area (Å²) in [6.07, 6.45) is 3.90. The summed E-state index contributed by atoms with van der Waals surface area (Å²) in [7, 11) is 2.86. The molecule has 4 aromatic rings. The van der Waals surface area contributed by atoms with Crippen LogP contribution in [0.15, 0.2) is 109 Å². The van der Waals surface area contributed by atoms with Gasteiger partial charge in [-0.15, -0.1) is 0 Å². The average Bonchev–Trinajstić information content (AvgIpc) is 3.43. The summed E-state index contributed by atoms with van der Waals surface area (Å²) in [4.78, 5) is 60.4. The second-order valence-electron chi connectivity index (χ2n) is 14.0. The van der Waals surface area contributed by atoms with Gasteiger partial charge in [0.15, 0.2) is 23.1 Å². The van der Waals surface area contributed by atoms with Crippen LogP contribution in [0.5, 0.6) is 17.2 Å². The number of hydrogen-bond acceptors (Lipinski definition) is 7. The maximum absolute atomic E-state index is 15.2. The standard InChI is InChI=1S/C43H36ClNO7/c1-23-14-15-27(20-33(23)44)45-41(49)29-17-16-28-31(37(29)42(45)50)21-32-39(47)30(24-10-6-4-7-11-24)22-36(46)43(32,26-12-8-5-9-13-26)38(28)25-18-34(51-2)40(48)35(19-25)52-3/h4-16,18-20,22,29,31-32,37-38,48H,17,21H2,1-3H3/t29-,31+,32-,37-,38-,43-/m0/s1. The van der Waals surface area contributed by atoms with Gasteiger partial charge in [-0.05, 0) is 78.3 Å². The van der Waals surface area contributed by atoms with Gasteiger partial charge in [0.2, 0.25) is 17.6 Å². The van der Waals surface area contributed by atoms with Gasteiger partial charge < -0.3 is 14.6 Å². The second kappa shape index (κ2) is 12.6. The van der Waals surface area contributed by atoms with E-state index in [4.69, 9.17) is 21.1 Å². The first-order valence-corrected chi connectivity index (χ1v) is 17.7. The first-order valence-electron chi connectivity index (χ1n) is 17.3. The summed E-state index contributed by atoms with van der Waals surface area (Å²) >= 11 is 6.47. The molecule has 4 aromatic carbocycles. The zero-order valence-corrected chi connectivity index (χ0v) is 29.6. The number of amides is 2. The lowest BCUT2D eigenvalue weighted by Gasteiger charge is -2.55. The number of halogens is 1. The summed E-state index contributed by atoms with van der Waals surface area (Å²) in [5.41, 5.74) is 2.75. The SMILES string of the molecule is COc1cc([C@H]2C3=CC[C@@H]4C(=O)N(c5ccc(C)c(Cl)c5)C(=O)[C@@H]4[C@@H]3C[C@H]3C(=O)C(c4ccccc4)=CC(=O)[C@@]23c2ccccc2)cc(OC)c1O. The minimum absolute atomic E-state index is 0.134. The molecule has 262 valence electrons. The molecule has 0 bridgehead atoms. The van der Waals surface area contributed by atoms with E-state index in [1.807, 2.05) is 73.7 Å². The van der Waals surface area contributed by atoms with Gasteiger partial charge in [-0.2, -0.15) is 0 Å². The van der Waals surface area contributed by atoms with E-state index in [1.165, 1.54) is 25.2 Å². The number of ketones is 2. The molecule has 1 aliphatic heterocycles. The lowest BCUT2D eigenvalue weighted by atomic mass is 9.44. The molecule has 1 heterocycles. The van der Waals surface area contributed by atoms with Crippen molar-refractivity contribution in [2.24, 2.45) is 23.7 Å². The van der Waals surface area contributed by atoms with E-state index >= 15 is 9.59 Å². The topological polar surface area (TPSA) is 110 Å². The number of allylic oxidation sites excluding steroid dienone is 4. The van der Waals surface area contributed by atoms with Crippen molar-refractivity contribution >= 4 is 46.2 Å². The number of imide groups is 1. The highest BCUT2D eigenvalue weighted by atomic mass is 35.5. The number of anilines is 1. The Bertz CT molecular complexity index is 2200. The fraction of sp³-hybridized carbons (Fsp3) is 0.256. The highest BCUT2D eigenvalue weighted by molar-refractivity contribution is 6.33. The van der Waals surface area contributed by atoms with Crippen LogP contribution in [0.2, 0.25) is 5.02 Å². The van der Waals surface area contributed by atoms with Crippen LogP contribution in [-0.2, 0) is 24.6 Å². The van der Waals surface area contributed by atoms with Crippen molar-refractivity contribution in [2.75, 3.05) is 19.1 Å². The van der Waals surface area contributed by atoms with Gasteiger partial charge in [0, 0.05) is 22.4 Å². The van der Waals surface area contributed by atoms with Crippen molar-refractivity contribution in [1.82, 2.24) is 0 Å². The molecule has 8 nitrogen and oxygen atoms in total. The molecule has 2 fully saturated rings. The third-order valence-electron chi connectivity index (χ3n) is 11.6. The predicted molar refractivity (Wildman–Crippen MR) is 196 cm³/mol. The monoisotopic (exact) mass is 713 g/mol. The molecule has 8 rings (SSSR count). The number of carbonyl (C=O) groups excluding carboxylic acids is 4. The van der Waals surface area contributed by atoms with Gasteiger partial charge in [0.1, 0.15) is 0 Å². The number of nitrogens with zero attached hydrogens (tertiary/aromatic N) is 1. The normalized spacial score (nSPS) is 26.6. The van der Waals surface area contributed by atoms with Crippen molar-refractivity contribution in [1.29, 1.82) is 0 Å². The Kier molecular flexibility index (Phi) is 8.18. The summed E-state index contributed by atoms with van der Waals surface area (Å²) in [5.74, 6) is -4.77. The summed E-state index contributed by atoms with van der Waals surface area (Å²) in [6, 6.07) is 26.9. The molecule has 1 saturated heterocycles. The van der Waals surface area contributed by atoms with Crippen molar-refractivity contribution in [3.8, 4) is 17.2 Å². The molecule has 0 spiro atoms. The van der Waals surface area contributed by atoms with Crippen LogP contribution in [0.25, 0.3) is 5.57 Å². The molecule has 1 N–H and O–H groups in total. The highest BCUT2D eigenvalue weighted by Gasteiger charge is 2.66. The molecular weight excluding hydrogens is 678 g/mol. The minimum atomic E-state index is -1.44. The largest absolute Gasteiger partial charge is 0.502 e. The van der Waals surface area contributed by atoms with Crippen LogP contribution < -0.4 is 14.4 Å². The van der Waals surface area contributed by atoms with Crippen molar-refractivity contribution in [3.05, 3.63) is 136 Å². The fourth-order valence-electron chi connectivity index (χ4n) is 9.31. The molecule has 3 aliphatic carbocycles. The van der Waals surface area contributed by atoms with Gasteiger partial charge in [0.05, 0.1) is 37.2 Å². The smallest absolute Gasteiger partial charge is 0.238 e. The molecule has 0 unspecified atom stereocenters. The van der Waals surface area contributed by atoms with Gasteiger partial charge in [0.25, 0.3) is 0 Å². The molecule has 0 radical (unpaired) electrons. The highest BCUT2D eigenvalue weighted by Crippen LogP contribution is 2.64. The van der Waals surface area contributed by atoms with Crippen LogP contribution in [0.4, 0.5) is 5.69 Å². The molecule has 6 atom stereocenters. The predicted octanol–water partition coefficient (Wildman–Crippen LogP) is 7.40. The lowest BCUT2D eigenvalue weighted by Crippen LogP contribution is -2.58. The summed E-state index contributed by atoms with van der Waals surface area (Å²) < 4.78 is 11.2. The van der Waals surface area contributed by atoms with Gasteiger partial charge in [-0.1, -0.05) is 90.0 Å². The number of Topliss-reactive ketones (excluding diaryl/α,β-unsaturated/α-hetero) is 1. The number of aromatic hydroxyl groups is 1. The second-order valence-corrected chi connectivity index (χ2v) is 14.4. The van der Waals surface area contributed by atoms with Crippen LogP contribution in [0.1, 0.15) is 41.0 Å². The van der Waals surface area contributed by atoms with Crippen LogP contribution in [0.3, 0.4) is 0 Å². The first kappa shape index (κ1) is 33.7. The number of aryl methyl sites for hydroxylation is 1. The lowest BCUT2D eigenvalue weighted by molar-refractivity contribution is -0.135. The summed E-state index contributed by atoms with van der Waals surface area (Å²) in [5, 5.41) is 11.4. The van der Waals surface area contributed by atoms with E-state index in [2.05, 4.69) is 0 Å². The maximum Gasteiger partial charge on any atom is 0.238 e. The quantitative estimate of drug-likeness (QED) is 0.164. The van der Waals surface area contributed by atoms with E-state index in [-0.39, 0.29) is 53.5 Å². The van der Waals surface area contributed by atoms with E-state index in [1.54, 1.807) is 30.3 Å². The summed E-state index contributed by atoms with van der Waals surface area (Å²) in [6.45, 7) is 1.85. The molecule has 4 aliphatic rings. The van der Waals surface area contributed by atoms with E-state index in [0.717, 1.165) is 11.1 Å². The minimum Gasteiger partial charge on any atom is -0.502 e. The third kappa shape index (κ3) is 4.80. The van der Waals surface area contributed by atoms with Crippen LogP contribution in [-0.4, -0.2) is 42.7 Å². The third-order valence-corrected chi connectivity index (χ3v) is 12.0. The number of methoxy groups -OCH3 is 2. The van der Waals surface area contributed by atoms with Gasteiger partial charge in [-0.25, -0.2) is 4.90 Å². The zero-order chi connectivity index (χ0) is 36.5. The Labute approximate surface area is 306 Å². The number of carbonyl (C=O) groups is 4. The Morgan fingerprint density at radius 2 is 1.48 bits per heavy atom. The van der Waals surface area contributed by atoms with Crippen LogP contribution >= 0.6 is 11.6 Å². The number of benzene rings is 4. The number of rotatable bonds is 6. The number of hydrogen-bond donors (Lipinski definition) is 1. The number of fused-ring (bicyclic) bond motifs is 4. The Morgan fingerprint density at radius 3 is 2.12 bits per heavy atom. The van der Waals surface area contributed by atoms with Crippen molar-refractivity contribution in [2.45, 2.75) is 31.1 Å². The van der Waals surface area contributed by atoms with E-state index < -0.39 is 35.0 Å². The van der Waals surface area contributed by atoms with Gasteiger partial charge in [-0.3, -0.25) is 19.2 Å². The number of ether oxygens (including phenoxy) is 2. The first-order chi connectivity index (χ1) is 25.1.